The van der Waals surface area contributed by atoms with Crippen molar-refractivity contribution in [1.82, 2.24) is 0 Å². The van der Waals surface area contributed by atoms with E-state index in [-0.39, 0.29) is 9.79 Å². The zero-order valence-corrected chi connectivity index (χ0v) is 24.4. The molecule has 0 N–H and O–H groups in total. The summed E-state index contributed by atoms with van der Waals surface area (Å²) >= 11 is 0. The van der Waals surface area contributed by atoms with Gasteiger partial charge in [0.25, 0.3) is 0 Å². The first-order valence-electron chi connectivity index (χ1n) is 13.0. The molecule has 0 heterocycles. The molecule has 13 heteroatoms. The second-order valence-corrected chi connectivity index (χ2v) is 12.7. The van der Waals surface area contributed by atoms with E-state index in [0.717, 1.165) is 36.4 Å². The Kier molecular flexibility index (Phi) is 8.43. The second-order valence-electron chi connectivity index (χ2n) is 9.61. The fraction of sp³-hybridized carbons (Fsp3) is 0.0625. The molecule has 0 bridgehead atoms. The SMILES string of the molecule is O=S(=O)(Oc1ccc(C(c2ccccc2)(c2ccc(OS(=O)(=O)c3ccccc3)c(F)c2)C(F)(F)F)cc1F)c1ccccc1. The van der Waals surface area contributed by atoms with Gasteiger partial charge < -0.3 is 8.37 Å². The van der Waals surface area contributed by atoms with Gasteiger partial charge in [-0.1, -0.05) is 78.9 Å². The van der Waals surface area contributed by atoms with E-state index in [1.54, 1.807) is 12.1 Å². The Hall–Kier alpha value is -4.75. The fourth-order valence-corrected chi connectivity index (χ4v) is 6.71. The minimum atomic E-state index is -5.25. The van der Waals surface area contributed by atoms with Crippen LogP contribution < -0.4 is 8.37 Å². The molecule has 0 aromatic heterocycles. The molecule has 0 atom stereocenters. The smallest absolute Gasteiger partial charge is 0.376 e. The number of hydrogen-bond acceptors (Lipinski definition) is 6. The molecule has 5 aromatic rings. The van der Waals surface area contributed by atoms with E-state index in [9.17, 15) is 16.8 Å². The van der Waals surface area contributed by atoms with Gasteiger partial charge in [0.15, 0.2) is 23.1 Å². The first-order chi connectivity index (χ1) is 21.3. The Balaban J connectivity index is 1.63. The molecule has 0 aliphatic rings. The van der Waals surface area contributed by atoms with Crippen molar-refractivity contribution in [2.75, 3.05) is 0 Å². The summed E-state index contributed by atoms with van der Waals surface area (Å²) in [5.41, 5.74) is -5.14. The summed E-state index contributed by atoms with van der Waals surface area (Å²) in [6.07, 6.45) is -5.25. The summed E-state index contributed by atoms with van der Waals surface area (Å²) in [4.78, 5) is -0.621. The van der Waals surface area contributed by atoms with Crippen molar-refractivity contribution in [3.8, 4) is 11.5 Å². The minimum Gasteiger partial charge on any atom is -0.376 e. The predicted octanol–water partition coefficient (Wildman–Crippen LogP) is 7.40. The molecule has 0 unspecified atom stereocenters. The van der Waals surface area contributed by atoms with Crippen molar-refractivity contribution in [3.05, 3.63) is 156 Å². The van der Waals surface area contributed by atoms with Gasteiger partial charge in [0.05, 0.1) is 0 Å². The average molecular weight is 661 g/mol. The summed E-state index contributed by atoms with van der Waals surface area (Å²) in [7, 11) is -9.07. The molecule has 0 aliphatic heterocycles. The van der Waals surface area contributed by atoms with Crippen LogP contribution in [0.2, 0.25) is 0 Å². The topological polar surface area (TPSA) is 86.7 Å². The Morgan fingerprint density at radius 2 is 0.822 bits per heavy atom. The van der Waals surface area contributed by atoms with E-state index in [0.29, 0.717) is 12.1 Å². The number of alkyl halides is 3. The Morgan fingerprint density at radius 3 is 1.16 bits per heavy atom. The Labute approximate surface area is 255 Å². The van der Waals surface area contributed by atoms with Crippen molar-refractivity contribution in [1.29, 1.82) is 0 Å². The number of benzene rings is 5. The summed E-state index contributed by atoms with van der Waals surface area (Å²) in [6, 6.07) is 23.7. The van der Waals surface area contributed by atoms with Crippen LogP contribution in [0.1, 0.15) is 16.7 Å². The van der Waals surface area contributed by atoms with Gasteiger partial charge in [0.2, 0.25) is 0 Å². The minimum absolute atomic E-state index is 0.311. The molecular formula is C32H21F5O6S2. The predicted molar refractivity (Wildman–Crippen MR) is 154 cm³/mol. The van der Waals surface area contributed by atoms with Crippen molar-refractivity contribution >= 4 is 20.2 Å². The lowest BCUT2D eigenvalue weighted by Gasteiger charge is -2.37. The lowest BCUT2D eigenvalue weighted by atomic mass is 9.68. The zero-order valence-electron chi connectivity index (χ0n) is 22.8. The van der Waals surface area contributed by atoms with Crippen molar-refractivity contribution in [3.63, 3.8) is 0 Å². The van der Waals surface area contributed by atoms with Gasteiger partial charge in [-0.3, -0.25) is 0 Å². The highest BCUT2D eigenvalue weighted by atomic mass is 32.2. The van der Waals surface area contributed by atoms with Crippen LogP contribution in [0.4, 0.5) is 22.0 Å². The number of hydrogen-bond donors (Lipinski definition) is 0. The molecule has 5 rings (SSSR count). The van der Waals surface area contributed by atoms with Crippen molar-refractivity contribution in [2.24, 2.45) is 0 Å². The van der Waals surface area contributed by atoms with E-state index in [4.69, 9.17) is 8.37 Å². The van der Waals surface area contributed by atoms with Crippen LogP contribution in [-0.2, 0) is 25.7 Å². The quantitative estimate of drug-likeness (QED) is 0.0931. The first kappa shape index (κ1) is 31.7. The highest BCUT2D eigenvalue weighted by molar-refractivity contribution is 7.87. The van der Waals surface area contributed by atoms with Gasteiger partial charge in [-0.25, -0.2) is 8.78 Å². The van der Waals surface area contributed by atoms with Gasteiger partial charge in [0, 0.05) is 0 Å². The van der Waals surface area contributed by atoms with Crippen LogP contribution in [0, 0.1) is 11.6 Å². The molecule has 0 spiro atoms. The molecule has 232 valence electrons. The summed E-state index contributed by atoms with van der Waals surface area (Å²) in [5, 5.41) is 0. The highest BCUT2D eigenvalue weighted by Crippen LogP contribution is 2.52. The molecule has 0 saturated heterocycles. The van der Waals surface area contributed by atoms with Crippen molar-refractivity contribution < 1.29 is 47.2 Å². The molecular weight excluding hydrogens is 639 g/mol. The van der Waals surface area contributed by atoms with Gasteiger partial charge >= 0.3 is 26.4 Å². The summed E-state index contributed by atoms with van der Waals surface area (Å²) in [6.45, 7) is 0. The van der Waals surface area contributed by atoms with Gasteiger partial charge in [-0.05, 0) is 65.2 Å². The Bertz CT molecular complexity index is 1920. The normalized spacial score (nSPS) is 12.5. The zero-order chi connectivity index (χ0) is 32.5. The first-order valence-corrected chi connectivity index (χ1v) is 15.8. The monoisotopic (exact) mass is 660 g/mol. The lowest BCUT2D eigenvalue weighted by molar-refractivity contribution is -0.166. The van der Waals surface area contributed by atoms with E-state index < -0.39 is 71.7 Å². The fourth-order valence-electron chi connectivity index (χ4n) is 4.79. The standard InChI is InChI=1S/C32H21F5O6S2/c33-27-20-23(16-18-29(27)42-44(38,39)25-12-6-2-7-13-25)31(32(35,36)37,22-10-4-1-5-11-22)24-17-19-30(28(34)21-24)43-45(40,41)26-14-8-3-9-15-26/h1-21H. The van der Waals surface area contributed by atoms with E-state index in [1.807, 2.05) is 0 Å². The molecule has 0 saturated carbocycles. The largest absolute Gasteiger partial charge is 0.406 e. The van der Waals surface area contributed by atoms with Crippen LogP contribution in [0.15, 0.2) is 137 Å². The molecule has 45 heavy (non-hydrogen) atoms. The van der Waals surface area contributed by atoms with Gasteiger partial charge in [0.1, 0.15) is 15.2 Å². The molecule has 0 fully saturated rings. The molecule has 0 aliphatic carbocycles. The van der Waals surface area contributed by atoms with Crippen LogP contribution in [-0.4, -0.2) is 23.0 Å². The summed E-state index contributed by atoms with van der Waals surface area (Å²) in [5.74, 6) is -4.61. The maximum atomic E-state index is 15.4. The van der Waals surface area contributed by atoms with Gasteiger partial charge in [-0.2, -0.15) is 30.0 Å². The van der Waals surface area contributed by atoms with Crippen LogP contribution in [0.5, 0.6) is 11.5 Å². The van der Waals surface area contributed by atoms with Crippen LogP contribution >= 0.6 is 0 Å². The van der Waals surface area contributed by atoms with E-state index >= 15 is 22.0 Å². The van der Waals surface area contributed by atoms with Crippen LogP contribution in [0.3, 0.4) is 0 Å². The molecule has 0 amide bonds. The number of rotatable bonds is 9. The van der Waals surface area contributed by atoms with E-state index in [2.05, 4.69) is 0 Å². The Morgan fingerprint density at radius 1 is 0.467 bits per heavy atom. The molecule has 5 aromatic carbocycles. The lowest BCUT2D eigenvalue weighted by Crippen LogP contribution is -2.44. The molecule has 0 radical (unpaired) electrons. The van der Waals surface area contributed by atoms with Gasteiger partial charge in [-0.15, -0.1) is 0 Å². The third-order valence-electron chi connectivity index (χ3n) is 6.82. The third kappa shape index (κ3) is 6.13. The van der Waals surface area contributed by atoms with Crippen LogP contribution in [0.25, 0.3) is 0 Å². The average Bonchev–Trinajstić information content (AvgIpc) is 3.01. The highest BCUT2D eigenvalue weighted by Gasteiger charge is 2.58. The molecule has 6 nitrogen and oxygen atoms in total. The third-order valence-corrected chi connectivity index (χ3v) is 9.32. The summed E-state index contributed by atoms with van der Waals surface area (Å²) < 4.78 is 137. The van der Waals surface area contributed by atoms with E-state index in [1.165, 1.54) is 66.7 Å². The maximum absolute atomic E-state index is 15.4. The second kappa shape index (κ2) is 12.0. The number of halogens is 5. The maximum Gasteiger partial charge on any atom is 0.406 e. The van der Waals surface area contributed by atoms with Crippen molar-refractivity contribution in [2.45, 2.75) is 21.4 Å².